The highest BCUT2D eigenvalue weighted by atomic mass is 35.5. The first-order valence-corrected chi connectivity index (χ1v) is 6.70. The van der Waals surface area contributed by atoms with Crippen LogP contribution in [0.5, 0.6) is 0 Å². The average Bonchev–Trinajstić information content (AvgIpc) is 2.81. The van der Waals surface area contributed by atoms with Gasteiger partial charge in [0.25, 0.3) is 0 Å². The first-order chi connectivity index (χ1) is 7.75. The zero-order valence-corrected chi connectivity index (χ0v) is 10.5. The Morgan fingerprint density at radius 2 is 2.50 bits per heavy atom. The highest BCUT2D eigenvalue weighted by Crippen LogP contribution is 2.22. The molecule has 2 unspecified atom stereocenters. The van der Waals surface area contributed by atoms with Gasteiger partial charge < -0.3 is 10.5 Å². The number of rotatable bonds is 4. The summed E-state index contributed by atoms with van der Waals surface area (Å²) >= 11 is 7.44. The zero-order chi connectivity index (χ0) is 11.4. The van der Waals surface area contributed by atoms with E-state index < -0.39 is 0 Å². The Balaban J connectivity index is 1.80. The molecule has 88 valence electrons. The first-order valence-electron chi connectivity index (χ1n) is 5.33. The largest absolute Gasteiger partial charge is 0.381 e. The summed E-state index contributed by atoms with van der Waals surface area (Å²) in [4.78, 5) is 4.22. The SMILES string of the molecule is NC(CSc1ccc(Cl)cn1)C1CCOC1. The fourth-order valence-electron chi connectivity index (χ4n) is 1.66. The molecular weight excluding hydrogens is 244 g/mol. The monoisotopic (exact) mass is 258 g/mol. The molecule has 2 rings (SSSR count). The molecule has 0 amide bonds. The number of ether oxygens (including phenoxy) is 1. The Labute approximate surface area is 105 Å². The normalized spacial score (nSPS) is 22.2. The molecule has 2 heterocycles. The van der Waals surface area contributed by atoms with Crippen molar-refractivity contribution in [3.8, 4) is 0 Å². The lowest BCUT2D eigenvalue weighted by Gasteiger charge is -2.16. The molecule has 3 nitrogen and oxygen atoms in total. The second-order valence-electron chi connectivity index (χ2n) is 3.91. The Hall–Kier alpha value is -0.290. The summed E-state index contributed by atoms with van der Waals surface area (Å²) in [5.41, 5.74) is 6.10. The lowest BCUT2D eigenvalue weighted by Crippen LogP contribution is -2.32. The molecular formula is C11H15ClN2OS. The van der Waals surface area contributed by atoms with Gasteiger partial charge in [-0.3, -0.25) is 0 Å². The predicted molar refractivity (Wildman–Crippen MR) is 66.9 cm³/mol. The molecule has 0 aromatic carbocycles. The van der Waals surface area contributed by atoms with Crippen LogP contribution in [0.25, 0.3) is 0 Å². The van der Waals surface area contributed by atoms with Crippen LogP contribution in [-0.2, 0) is 4.74 Å². The molecule has 2 N–H and O–H groups in total. The van der Waals surface area contributed by atoms with Crippen LogP contribution in [-0.4, -0.2) is 30.0 Å². The third kappa shape index (κ3) is 3.35. The summed E-state index contributed by atoms with van der Waals surface area (Å²) in [5.74, 6) is 1.38. The molecule has 1 aromatic heterocycles. The van der Waals surface area contributed by atoms with E-state index in [0.29, 0.717) is 10.9 Å². The fourth-order valence-corrected chi connectivity index (χ4v) is 2.69. The van der Waals surface area contributed by atoms with E-state index in [4.69, 9.17) is 22.1 Å². The third-order valence-corrected chi connectivity index (χ3v) is 4.01. The number of hydrogen-bond acceptors (Lipinski definition) is 4. The number of thioether (sulfide) groups is 1. The summed E-state index contributed by atoms with van der Waals surface area (Å²) in [6.07, 6.45) is 2.74. The van der Waals surface area contributed by atoms with Crippen LogP contribution in [0.4, 0.5) is 0 Å². The van der Waals surface area contributed by atoms with Crippen molar-refractivity contribution >= 4 is 23.4 Å². The van der Waals surface area contributed by atoms with Gasteiger partial charge in [0, 0.05) is 30.5 Å². The molecule has 1 fully saturated rings. The molecule has 1 aliphatic rings. The number of nitrogens with two attached hydrogens (primary N) is 1. The van der Waals surface area contributed by atoms with Crippen LogP contribution < -0.4 is 5.73 Å². The standard InChI is InChI=1S/C11H15ClN2OS/c12-9-1-2-11(14-5-9)16-7-10(13)8-3-4-15-6-8/h1-2,5,8,10H,3-4,6-7,13H2. The van der Waals surface area contributed by atoms with Crippen LogP contribution in [0.15, 0.2) is 23.4 Å². The molecule has 2 atom stereocenters. The van der Waals surface area contributed by atoms with Crippen LogP contribution in [0, 0.1) is 5.92 Å². The maximum Gasteiger partial charge on any atom is 0.0961 e. The quantitative estimate of drug-likeness (QED) is 0.841. The predicted octanol–water partition coefficient (Wildman–Crippen LogP) is 2.19. The maximum atomic E-state index is 6.10. The molecule has 0 spiro atoms. The van der Waals surface area contributed by atoms with Crippen molar-refractivity contribution in [2.45, 2.75) is 17.5 Å². The van der Waals surface area contributed by atoms with E-state index in [1.54, 1.807) is 18.0 Å². The van der Waals surface area contributed by atoms with Crippen LogP contribution in [0.3, 0.4) is 0 Å². The van der Waals surface area contributed by atoms with Crippen LogP contribution >= 0.6 is 23.4 Å². The Bertz CT molecular complexity index is 327. The summed E-state index contributed by atoms with van der Waals surface area (Å²) in [7, 11) is 0. The number of hydrogen-bond donors (Lipinski definition) is 1. The van der Waals surface area contributed by atoms with Gasteiger partial charge in [0.1, 0.15) is 0 Å². The topological polar surface area (TPSA) is 48.1 Å². The number of pyridine rings is 1. The van der Waals surface area contributed by atoms with Crippen LogP contribution in [0.2, 0.25) is 5.02 Å². The summed E-state index contributed by atoms with van der Waals surface area (Å²) in [6, 6.07) is 3.95. The van der Waals surface area contributed by atoms with E-state index in [1.807, 2.05) is 12.1 Å². The van der Waals surface area contributed by atoms with E-state index in [9.17, 15) is 0 Å². The number of nitrogens with zero attached hydrogens (tertiary/aromatic N) is 1. The minimum atomic E-state index is 0.185. The highest BCUT2D eigenvalue weighted by molar-refractivity contribution is 7.99. The van der Waals surface area contributed by atoms with Gasteiger partial charge in [0.15, 0.2) is 0 Å². The lowest BCUT2D eigenvalue weighted by atomic mass is 10.0. The Morgan fingerprint density at radius 1 is 1.62 bits per heavy atom. The van der Waals surface area contributed by atoms with Crippen molar-refractivity contribution in [1.82, 2.24) is 4.98 Å². The summed E-state index contributed by atoms with van der Waals surface area (Å²) in [6.45, 7) is 1.65. The second kappa shape index (κ2) is 5.87. The first kappa shape index (κ1) is 12.2. The molecule has 1 aromatic rings. The van der Waals surface area contributed by atoms with Gasteiger partial charge in [-0.2, -0.15) is 0 Å². The molecule has 1 saturated heterocycles. The van der Waals surface area contributed by atoms with Gasteiger partial charge in [-0.15, -0.1) is 11.8 Å². The van der Waals surface area contributed by atoms with Gasteiger partial charge >= 0.3 is 0 Å². The second-order valence-corrected chi connectivity index (χ2v) is 5.39. The molecule has 16 heavy (non-hydrogen) atoms. The van der Waals surface area contributed by atoms with Crippen molar-refractivity contribution in [3.05, 3.63) is 23.4 Å². The van der Waals surface area contributed by atoms with Crippen molar-refractivity contribution in [2.24, 2.45) is 11.7 Å². The third-order valence-electron chi connectivity index (χ3n) is 2.69. The number of halogens is 1. The van der Waals surface area contributed by atoms with Crippen molar-refractivity contribution < 1.29 is 4.74 Å². The zero-order valence-electron chi connectivity index (χ0n) is 8.93. The molecule has 5 heteroatoms. The highest BCUT2D eigenvalue weighted by Gasteiger charge is 2.22. The molecule has 0 saturated carbocycles. The van der Waals surface area contributed by atoms with Crippen molar-refractivity contribution in [2.75, 3.05) is 19.0 Å². The summed E-state index contributed by atoms with van der Waals surface area (Å²) in [5, 5.41) is 1.64. The lowest BCUT2D eigenvalue weighted by molar-refractivity contribution is 0.182. The van der Waals surface area contributed by atoms with E-state index in [1.165, 1.54) is 0 Å². The Kier molecular flexibility index (Phi) is 4.46. The molecule has 0 bridgehead atoms. The summed E-state index contributed by atoms with van der Waals surface area (Å²) < 4.78 is 5.32. The molecule has 0 radical (unpaired) electrons. The van der Waals surface area contributed by atoms with E-state index in [0.717, 1.165) is 30.4 Å². The fraction of sp³-hybridized carbons (Fsp3) is 0.545. The van der Waals surface area contributed by atoms with Gasteiger partial charge in [-0.25, -0.2) is 4.98 Å². The van der Waals surface area contributed by atoms with E-state index in [-0.39, 0.29) is 6.04 Å². The molecule has 1 aliphatic heterocycles. The van der Waals surface area contributed by atoms with E-state index >= 15 is 0 Å². The van der Waals surface area contributed by atoms with Gasteiger partial charge in [-0.05, 0) is 18.6 Å². The van der Waals surface area contributed by atoms with Gasteiger partial charge in [0.05, 0.1) is 16.7 Å². The van der Waals surface area contributed by atoms with Crippen LogP contribution in [0.1, 0.15) is 6.42 Å². The number of aromatic nitrogens is 1. The Morgan fingerprint density at radius 3 is 3.12 bits per heavy atom. The minimum absolute atomic E-state index is 0.185. The average molecular weight is 259 g/mol. The minimum Gasteiger partial charge on any atom is -0.381 e. The van der Waals surface area contributed by atoms with Crippen molar-refractivity contribution in [1.29, 1.82) is 0 Å². The van der Waals surface area contributed by atoms with Gasteiger partial charge in [0.2, 0.25) is 0 Å². The maximum absolute atomic E-state index is 6.10. The van der Waals surface area contributed by atoms with E-state index in [2.05, 4.69) is 4.98 Å². The smallest absolute Gasteiger partial charge is 0.0961 e. The van der Waals surface area contributed by atoms with Crippen molar-refractivity contribution in [3.63, 3.8) is 0 Å². The molecule has 0 aliphatic carbocycles. The van der Waals surface area contributed by atoms with Gasteiger partial charge in [-0.1, -0.05) is 11.6 Å².